The van der Waals surface area contributed by atoms with Gasteiger partial charge in [-0.25, -0.2) is 0 Å². The average Bonchev–Trinajstić information content (AvgIpc) is 3.15. The predicted molar refractivity (Wildman–Crippen MR) is 131 cm³/mol. The van der Waals surface area contributed by atoms with Gasteiger partial charge in [0.25, 0.3) is 11.7 Å². The molecular formula is C29H22N2O4. The number of aliphatic hydroxyl groups excluding tert-OH is 1. The number of hydrogen-bond acceptors (Lipinski definition) is 5. The molecule has 0 spiro atoms. The molecule has 0 aliphatic carbocycles. The van der Waals surface area contributed by atoms with Crippen LogP contribution in [0, 0.1) is 0 Å². The fourth-order valence-corrected chi connectivity index (χ4v) is 4.20. The maximum Gasteiger partial charge on any atom is 0.295 e. The van der Waals surface area contributed by atoms with Gasteiger partial charge >= 0.3 is 0 Å². The molecule has 1 aliphatic heterocycles. The van der Waals surface area contributed by atoms with Gasteiger partial charge in [-0.3, -0.25) is 14.6 Å². The van der Waals surface area contributed by atoms with E-state index in [1.54, 1.807) is 54.9 Å². The monoisotopic (exact) mass is 462 g/mol. The first-order valence-corrected chi connectivity index (χ1v) is 11.2. The van der Waals surface area contributed by atoms with Crippen LogP contribution in [0.3, 0.4) is 0 Å². The van der Waals surface area contributed by atoms with E-state index < -0.39 is 17.7 Å². The zero-order valence-electron chi connectivity index (χ0n) is 18.7. The van der Waals surface area contributed by atoms with E-state index in [-0.39, 0.29) is 17.9 Å². The van der Waals surface area contributed by atoms with Crippen molar-refractivity contribution in [1.82, 2.24) is 9.88 Å². The molecule has 1 aliphatic rings. The highest BCUT2D eigenvalue weighted by atomic mass is 16.5. The van der Waals surface area contributed by atoms with Crippen LogP contribution in [0.5, 0.6) is 11.5 Å². The third-order valence-corrected chi connectivity index (χ3v) is 5.84. The van der Waals surface area contributed by atoms with Crippen LogP contribution in [0.15, 0.2) is 115 Å². The van der Waals surface area contributed by atoms with Crippen molar-refractivity contribution in [2.24, 2.45) is 0 Å². The summed E-state index contributed by atoms with van der Waals surface area (Å²) in [5.41, 5.74) is 2.00. The zero-order chi connectivity index (χ0) is 24.2. The van der Waals surface area contributed by atoms with Crippen LogP contribution in [0.25, 0.3) is 5.76 Å². The molecule has 3 aromatic carbocycles. The first-order valence-electron chi connectivity index (χ1n) is 11.2. The van der Waals surface area contributed by atoms with Crippen molar-refractivity contribution >= 4 is 17.4 Å². The Labute approximate surface area is 202 Å². The number of nitrogens with zero attached hydrogens (tertiary/aromatic N) is 2. The molecule has 5 rings (SSSR count). The summed E-state index contributed by atoms with van der Waals surface area (Å²) in [5, 5.41) is 11.2. The highest BCUT2D eigenvalue weighted by Crippen LogP contribution is 2.41. The van der Waals surface area contributed by atoms with Gasteiger partial charge in [-0.05, 0) is 47.5 Å². The second kappa shape index (κ2) is 9.65. The number of carbonyl (C=O) groups excluding carboxylic acids is 2. The van der Waals surface area contributed by atoms with Crippen LogP contribution in [0.2, 0.25) is 0 Å². The minimum absolute atomic E-state index is 0.0483. The molecule has 172 valence electrons. The molecular weight excluding hydrogens is 440 g/mol. The number of aromatic nitrogens is 1. The number of ketones is 1. The largest absolute Gasteiger partial charge is 0.507 e. The van der Waals surface area contributed by atoms with Crippen molar-refractivity contribution in [1.29, 1.82) is 0 Å². The third-order valence-electron chi connectivity index (χ3n) is 5.84. The molecule has 1 atom stereocenters. The molecule has 2 heterocycles. The van der Waals surface area contributed by atoms with Crippen molar-refractivity contribution in [2.45, 2.75) is 12.6 Å². The smallest absolute Gasteiger partial charge is 0.295 e. The number of Topliss-reactive ketones (excluding diaryl/α,β-unsaturated/α-hetero) is 1. The summed E-state index contributed by atoms with van der Waals surface area (Å²) >= 11 is 0. The van der Waals surface area contributed by atoms with Crippen LogP contribution in [-0.2, 0) is 16.1 Å². The van der Waals surface area contributed by atoms with Crippen molar-refractivity contribution < 1.29 is 19.4 Å². The average molecular weight is 463 g/mol. The van der Waals surface area contributed by atoms with Crippen LogP contribution < -0.4 is 4.74 Å². The Morgan fingerprint density at radius 3 is 2.20 bits per heavy atom. The minimum atomic E-state index is -0.789. The van der Waals surface area contributed by atoms with E-state index in [0.717, 1.165) is 5.56 Å². The normalized spacial score (nSPS) is 16.9. The Bertz CT molecular complexity index is 1390. The van der Waals surface area contributed by atoms with Crippen LogP contribution in [-0.4, -0.2) is 26.7 Å². The van der Waals surface area contributed by atoms with Gasteiger partial charge in [-0.2, -0.15) is 0 Å². The zero-order valence-corrected chi connectivity index (χ0v) is 18.7. The van der Waals surface area contributed by atoms with Crippen molar-refractivity contribution in [3.63, 3.8) is 0 Å². The molecule has 4 aromatic rings. The Kier molecular flexibility index (Phi) is 6.09. The Balaban J connectivity index is 1.61. The SMILES string of the molecule is O=C1C(=O)N(Cc2ccncc2)C(c2cccc(Oc3ccccc3)c2)/C1=C(/O)c1ccccc1. The number of carbonyl (C=O) groups is 2. The molecule has 0 saturated carbocycles. The Morgan fingerprint density at radius 1 is 0.829 bits per heavy atom. The van der Waals surface area contributed by atoms with E-state index in [1.165, 1.54) is 4.90 Å². The van der Waals surface area contributed by atoms with Gasteiger partial charge in [-0.15, -0.1) is 0 Å². The van der Waals surface area contributed by atoms with Gasteiger partial charge in [0.05, 0.1) is 11.6 Å². The van der Waals surface area contributed by atoms with Crippen molar-refractivity contribution in [2.75, 3.05) is 0 Å². The molecule has 1 N–H and O–H groups in total. The summed E-state index contributed by atoms with van der Waals surface area (Å²) in [6.45, 7) is 0.188. The van der Waals surface area contributed by atoms with Gasteiger partial charge in [0.1, 0.15) is 17.3 Å². The summed E-state index contributed by atoms with van der Waals surface area (Å²) in [6, 6.07) is 28.2. The van der Waals surface area contributed by atoms with Crippen LogP contribution >= 0.6 is 0 Å². The van der Waals surface area contributed by atoms with E-state index in [1.807, 2.05) is 54.6 Å². The number of likely N-dealkylation sites (tertiary alicyclic amines) is 1. The van der Waals surface area contributed by atoms with Gasteiger partial charge in [0.15, 0.2) is 0 Å². The Hall–Kier alpha value is -4.71. The lowest BCUT2D eigenvalue weighted by molar-refractivity contribution is -0.140. The molecule has 1 fully saturated rings. The quantitative estimate of drug-likeness (QED) is 0.233. The van der Waals surface area contributed by atoms with Gasteiger partial charge in [-0.1, -0.05) is 60.7 Å². The standard InChI is InChI=1S/C29H22N2O4/c32-27(21-8-3-1-4-9-21)25-26(31(29(34)28(25)33)19-20-14-16-30-17-15-20)22-10-7-13-24(18-22)35-23-11-5-2-6-12-23/h1-18,26,32H,19H2/b27-25-. The van der Waals surface area contributed by atoms with E-state index in [2.05, 4.69) is 4.98 Å². The second-order valence-corrected chi connectivity index (χ2v) is 8.14. The number of ether oxygens (including phenoxy) is 1. The number of para-hydroxylation sites is 1. The molecule has 1 amide bonds. The summed E-state index contributed by atoms with van der Waals surface area (Å²) in [4.78, 5) is 31.9. The lowest BCUT2D eigenvalue weighted by Gasteiger charge is -2.25. The van der Waals surface area contributed by atoms with Gasteiger partial charge < -0.3 is 14.7 Å². The maximum atomic E-state index is 13.2. The van der Waals surface area contributed by atoms with E-state index in [4.69, 9.17) is 4.74 Å². The first-order chi connectivity index (χ1) is 17.1. The molecule has 1 unspecified atom stereocenters. The summed E-state index contributed by atoms with van der Waals surface area (Å²) in [6.07, 6.45) is 3.28. The number of hydrogen-bond donors (Lipinski definition) is 1. The fourth-order valence-electron chi connectivity index (χ4n) is 4.20. The number of pyridine rings is 1. The predicted octanol–water partition coefficient (Wildman–Crippen LogP) is 5.50. The van der Waals surface area contributed by atoms with Gasteiger partial charge in [0.2, 0.25) is 0 Å². The molecule has 35 heavy (non-hydrogen) atoms. The summed E-state index contributed by atoms with van der Waals surface area (Å²) < 4.78 is 5.99. The van der Waals surface area contributed by atoms with E-state index in [9.17, 15) is 14.7 Å². The number of aliphatic hydroxyl groups is 1. The lowest BCUT2D eigenvalue weighted by Crippen LogP contribution is -2.29. The highest BCUT2D eigenvalue weighted by Gasteiger charge is 2.46. The third kappa shape index (κ3) is 4.54. The maximum absolute atomic E-state index is 13.2. The minimum Gasteiger partial charge on any atom is -0.507 e. The first kappa shape index (κ1) is 22.1. The van der Waals surface area contributed by atoms with E-state index >= 15 is 0 Å². The van der Waals surface area contributed by atoms with Crippen LogP contribution in [0.1, 0.15) is 22.7 Å². The molecule has 0 radical (unpaired) electrons. The lowest BCUT2D eigenvalue weighted by atomic mass is 9.95. The van der Waals surface area contributed by atoms with Crippen LogP contribution in [0.4, 0.5) is 0 Å². The van der Waals surface area contributed by atoms with Crippen molar-refractivity contribution in [3.8, 4) is 11.5 Å². The molecule has 6 nitrogen and oxygen atoms in total. The molecule has 0 bridgehead atoms. The molecule has 6 heteroatoms. The van der Waals surface area contributed by atoms with Gasteiger partial charge in [0, 0.05) is 24.5 Å². The number of amides is 1. The summed E-state index contributed by atoms with van der Waals surface area (Å²) in [7, 11) is 0. The Morgan fingerprint density at radius 2 is 1.49 bits per heavy atom. The molecule has 1 saturated heterocycles. The topological polar surface area (TPSA) is 79.7 Å². The van der Waals surface area contributed by atoms with Crippen molar-refractivity contribution in [3.05, 3.63) is 132 Å². The van der Waals surface area contributed by atoms with E-state index in [0.29, 0.717) is 22.6 Å². The number of benzene rings is 3. The summed E-state index contributed by atoms with van der Waals surface area (Å²) in [5.74, 6) is -0.373. The highest BCUT2D eigenvalue weighted by molar-refractivity contribution is 6.46. The molecule has 1 aromatic heterocycles. The fraction of sp³-hybridized carbons (Fsp3) is 0.0690. The second-order valence-electron chi connectivity index (χ2n) is 8.14. The number of rotatable bonds is 6.